The van der Waals surface area contributed by atoms with Crippen LogP contribution in [-0.4, -0.2) is 27.3 Å². The van der Waals surface area contributed by atoms with Crippen molar-refractivity contribution < 1.29 is 22.7 Å². The highest BCUT2D eigenvalue weighted by molar-refractivity contribution is 7.09. The molecule has 0 unspecified atom stereocenters. The smallest absolute Gasteiger partial charge is 0.416 e. The standard InChI is InChI=1S/C20H18F3N3O2S/c1-2-28-19(27)15-8-24-26(9-15)10-18-25-17(11-29-18)14-5-13(12-3-4-12)6-16(7-14)20(21,22)23/h5-9,11-12H,2-4,10H2,1H3. The molecule has 0 amide bonds. The number of rotatable bonds is 6. The summed E-state index contributed by atoms with van der Waals surface area (Å²) >= 11 is 1.34. The van der Waals surface area contributed by atoms with Gasteiger partial charge in [0.15, 0.2) is 0 Å². The number of hydrogen-bond acceptors (Lipinski definition) is 5. The summed E-state index contributed by atoms with van der Waals surface area (Å²) in [6.07, 6.45) is 0.434. The Bertz CT molecular complexity index is 1040. The Morgan fingerprint density at radius 1 is 1.31 bits per heavy atom. The monoisotopic (exact) mass is 421 g/mol. The molecule has 0 saturated heterocycles. The van der Waals surface area contributed by atoms with E-state index in [4.69, 9.17) is 4.74 Å². The second kappa shape index (κ2) is 7.62. The first kappa shape index (κ1) is 19.6. The number of alkyl halides is 3. The zero-order chi connectivity index (χ0) is 20.6. The molecule has 0 spiro atoms. The van der Waals surface area contributed by atoms with Crippen LogP contribution in [0.1, 0.15) is 52.2 Å². The SMILES string of the molecule is CCOC(=O)c1cnn(Cc2nc(-c3cc(C4CC4)cc(C(F)(F)F)c3)cs2)c1. The highest BCUT2D eigenvalue weighted by atomic mass is 32.1. The summed E-state index contributed by atoms with van der Waals surface area (Å²) in [5.41, 5.74) is 1.40. The fourth-order valence-corrected chi connectivity index (χ4v) is 3.83. The van der Waals surface area contributed by atoms with Crippen LogP contribution in [0.25, 0.3) is 11.3 Å². The van der Waals surface area contributed by atoms with E-state index in [2.05, 4.69) is 10.1 Å². The van der Waals surface area contributed by atoms with Gasteiger partial charge in [-0.05, 0) is 49.4 Å². The first-order chi connectivity index (χ1) is 13.8. The average Bonchev–Trinajstić information content (AvgIpc) is 3.25. The number of halogens is 3. The Kier molecular flexibility index (Phi) is 5.16. The van der Waals surface area contributed by atoms with Crippen molar-refractivity contribution in [2.24, 2.45) is 0 Å². The summed E-state index contributed by atoms with van der Waals surface area (Å²) in [5, 5.41) is 6.55. The van der Waals surface area contributed by atoms with E-state index in [0.717, 1.165) is 24.5 Å². The van der Waals surface area contributed by atoms with Gasteiger partial charge in [0.2, 0.25) is 0 Å². The molecule has 0 aliphatic heterocycles. The number of hydrogen-bond donors (Lipinski definition) is 0. The largest absolute Gasteiger partial charge is 0.462 e. The summed E-state index contributed by atoms with van der Waals surface area (Å²) in [6, 6.07) is 4.20. The molecule has 152 valence electrons. The molecular weight excluding hydrogens is 403 g/mol. The van der Waals surface area contributed by atoms with Gasteiger partial charge < -0.3 is 4.74 Å². The van der Waals surface area contributed by atoms with E-state index in [-0.39, 0.29) is 12.5 Å². The molecule has 0 N–H and O–H groups in total. The van der Waals surface area contributed by atoms with Gasteiger partial charge in [0, 0.05) is 17.1 Å². The number of benzene rings is 1. The van der Waals surface area contributed by atoms with E-state index in [1.807, 2.05) is 0 Å². The second-order valence-electron chi connectivity index (χ2n) is 6.89. The zero-order valence-electron chi connectivity index (χ0n) is 15.6. The molecule has 3 aromatic rings. The maximum absolute atomic E-state index is 13.3. The highest BCUT2D eigenvalue weighted by Gasteiger charge is 2.33. The third-order valence-electron chi connectivity index (χ3n) is 4.62. The van der Waals surface area contributed by atoms with Gasteiger partial charge in [0.25, 0.3) is 0 Å². The normalized spacial score (nSPS) is 14.2. The molecule has 1 saturated carbocycles. The van der Waals surface area contributed by atoms with E-state index in [9.17, 15) is 18.0 Å². The summed E-state index contributed by atoms with van der Waals surface area (Å²) in [5.74, 6) is -0.241. The molecule has 2 heterocycles. The second-order valence-corrected chi connectivity index (χ2v) is 7.83. The molecule has 0 atom stereocenters. The Hall–Kier alpha value is -2.68. The minimum absolute atomic E-state index is 0.208. The van der Waals surface area contributed by atoms with Crippen molar-refractivity contribution in [2.45, 2.75) is 38.4 Å². The summed E-state index contributed by atoms with van der Waals surface area (Å²) in [6.45, 7) is 2.32. The molecular formula is C20H18F3N3O2S. The number of thiazole rings is 1. The molecule has 9 heteroatoms. The average molecular weight is 421 g/mol. The molecule has 29 heavy (non-hydrogen) atoms. The fraction of sp³-hybridized carbons (Fsp3) is 0.350. The molecule has 0 bridgehead atoms. The van der Waals surface area contributed by atoms with Crippen LogP contribution in [0.5, 0.6) is 0 Å². The number of nitrogens with zero attached hydrogens (tertiary/aromatic N) is 3. The van der Waals surface area contributed by atoms with Crippen LogP contribution in [0.2, 0.25) is 0 Å². The van der Waals surface area contributed by atoms with Crippen LogP contribution in [0.3, 0.4) is 0 Å². The maximum Gasteiger partial charge on any atom is 0.416 e. The van der Waals surface area contributed by atoms with E-state index in [1.165, 1.54) is 23.6 Å². The molecule has 1 aliphatic rings. The number of esters is 1. The highest BCUT2D eigenvalue weighted by Crippen LogP contribution is 2.43. The van der Waals surface area contributed by atoms with Crippen molar-refractivity contribution in [3.8, 4) is 11.3 Å². The number of aromatic nitrogens is 3. The van der Waals surface area contributed by atoms with Crippen LogP contribution in [-0.2, 0) is 17.5 Å². The summed E-state index contributed by atoms with van der Waals surface area (Å²) < 4.78 is 46.4. The summed E-state index contributed by atoms with van der Waals surface area (Å²) in [7, 11) is 0. The Balaban J connectivity index is 1.56. The van der Waals surface area contributed by atoms with Gasteiger partial charge in [-0.3, -0.25) is 4.68 Å². The van der Waals surface area contributed by atoms with E-state index >= 15 is 0 Å². The molecule has 5 nitrogen and oxygen atoms in total. The molecule has 2 aromatic heterocycles. The Morgan fingerprint density at radius 3 is 2.79 bits per heavy atom. The van der Waals surface area contributed by atoms with Crippen molar-refractivity contribution in [3.05, 3.63) is 57.7 Å². The first-order valence-corrected chi connectivity index (χ1v) is 10.1. The predicted octanol–water partition coefficient (Wildman–Crippen LogP) is 5.13. The Labute approximate surface area is 169 Å². The van der Waals surface area contributed by atoms with Gasteiger partial charge in [0.1, 0.15) is 5.01 Å². The minimum Gasteiger partial charge on any atom is -0.462 e. The van der Waals surface area contributed by atoms with Crippen LogP contribution in [0, 0.1) is 0 Å². The van der Waals surface area contributed by atoms with Crippen molar-refractivity contribution in [3.63, 3.8) is 0 Å². The van der Waals surface area contributed by atoms with Crippen molar-refractivity contribution in [1.29, 1.82) is 0 Å². The van der Waals surface area contributed by atoms with Gasteiger partial charge in [-0.15, -0.1) is 11.3 Å². The fourth-order valence-electron chi connectivity index (χ4n) is 3.04. The minimum atomic E-state index is -4.39. The molecule has 1 aromatic carbocycles. The van der Waals surface area contributed by atoms with E-state index < -0.39 is 17.7 Å². The van der Waals surface area contributed by atoms with Gasteiger partial charge in [0.05, 0.1) is 36.2 Å². The van der Waals surface area contributed by atoms with Crippen LogP contribution >= 0.6 is 11.3 Å². The van der Waals surface area contributed by atoms with Crippen LogP contribution in [0.15, 0.2) is 36.0 Å². The maximum atomic E-state index is 13.3. The molecule has 4 rings (SSSR count). The van der Waals surface area contributed by atoms with Crippen molar-refractivity contribution in [2.75, 3.05) is 6.61 Å². The van der Waals surface area contributed by atoms with E-state index in [0.29, 0.717) is 28.4 Å². The number of carbonyl (C=O) groups is 1. The molecule has 0 radical (unpaired) electrons. The first-order valence-electron chi connectivity index (χ1n) is 9.20. The van der Waals surface area contributed by atoms with Gasteiger partial charge in [-0.1, -0.05) is 0 Å². The van der Waals surface area contributed by atoms with Gasteiger partial charge in [-0.2, -0.15) is 18.3 Å². The number of ether oxygens (including phenoxy) is 1. The lowest BCUT2D eigenvalue weighted by atomic mass is 10.0. The lowest BCUT2D eigenvalue weighted by Gasteiger charge is -2.11. The number of carbonyl (C=O) groups excluding carboxylic acids is 1. The third kappa shape index (κ3) is 4.50. The molecule has 1 fully saturated rings. The van der Waals surface area contributed by atoms with Crippen molar-refractivity contribution in [1.82, 2.24) is 14.8 Å². The van der Waals surface area contributed by atoms with Crippen LogP contribution in [0.4, 0.5) is 13.2 Å². The zero-order valence-corrected chi connectivity index (χ0v) is 16.4. The Morgan fingerprint density at radius 2 is 2.10 bits per heavy atom. The third-order valence-corrected chi connectivity index (χ3v) is 5.45. The molecule has 1 aliphatic carbocycles. The van der Waals surface area contributed by atoms with Gasteiger partial charge in [-0.25, -0.2) is 9.78 Å². The lowest BCUT2D eigenvalue weighted by Crippen LogP contribution is -2.06. The lowest BCUT2D eigenvalue weighted by molar-refractivity contribution is -0.137. The van der Waals surface area contributed by atoms with E-state index in [1.54, 1.807) is 29.2 Å². The quantitative estimate of drug-likeness (QED) is 0.518. The predicted molar refractivity (Wildman–Crippen MR) is 102 cm³/mol. The topological polar surface area (TPSA) is 57.0 Å². The summed E-state index contributed by atoms with van der Waals surface area (Å²) in [4.78, 5) is 16.2. The van der Waals surface area contributed by atoms with Crippen molar-refractivity contribution >= 4 is 17.3 Å². The van der Waals surface area contributed by atoms with Crippen LogP contribution < -0.4 is 0 Å². The van der Waals surface area contributed by atoms with Gasteiger partial charge >= 0.3 is 12.1 Å².